The van der Waals surface area contributed by atoms with Crippen molar-refractivity contribution < 1.29 is 9.53 Å². The standard InChI is InChI=1S/C14H18N4O2S/c1-9-5-10(2)7-12(6-9)20-8-13(19)17-18-11(3)15-16-14(18)21-4/h5-7H,8H2,1-4H3,(H,17,19). The Labute approximate surface area is 127 Å². The van der Waals surface area contributed by atoms with E-state index in [4.69, 9.17) is 4.74 Å². The van der Waals surface area contributed by atoms with Crippen molar-refractivity contribution in [2.75, 3.05) is 18.3 Å². The second kappa shape index (κ2) is 6.62. The summed E-state index contributed by atoms with van der Waals surface area (Å²) in [6.07, 6.45) is 1.87. The number of carbonyl (C=O) groups excluding carboxylic acids is 1. The van der Waals surface area contributed by atoms with E-state index in [2.05, 4.69) is 21.7 Å². The van der Waals surface area contributed by atoms with Crippen LogP contribution < -0.4 is 10.2 Å². The van der Waals surface area contributed by atoms with Gasteiger partial charge >= 0.3 is 0 Å². The second-order valence-electron chi connectivity index (χ2n) is 4.72. The largest absolute Gasteiger partial charge is 0.484 e. The van der Waals surface area contributed by atoms with E-state index in [1.807, 2.05) is 32.2 Å². The van der Waals surface area contributed by atoms with Crippen LogP contribution in [0.2, 0.25) is 0 Å². The highest BCUT2D eigenvalue weighted by Crippen LogP contribution is 2.16. The number of rotatable bonds is 5. The van der Waals surface area contributed by atoms with Gasteiger partial charge in [-0.3, -0.25) is 10.2 Å². The van der Waals surface area contributed by atoms with Crippen LogP contribution in [0.25, 0.3) is 0 Å². The Balaban J connectivity index is 1.97. The summed E-state index contributed by atoms with van der Waals surface area (Å²) in [7, 11) is 0. The van der Waals surface area contributed by atoms with Crippen LogP contribution in [0.1, 0.15) is 17.0 Å². The molecule has 0 fully saturated rings. The first-order chi connectivity index (χ1) is 9.99. The Morgan fingerprint density at radius 2 is 1.90 bits per heavy atom. The number of thioether (sulfide) groups is 1. The van der Waals surface area contributed by atoms with Crippen LogP contribution in [0.4, 0.5) is 0 Å². The number of aromatic nitrogens is 3. The highest BCUT2D eigenvalue weighted by atomic mass is 32.2. The van der Waals surface area contributed by atoms with Crippen LogP contribution in [0.15, 0.2) is 23.4 Å². The fourth-order valence-electron chi connectivity index (χ4n) is 1.93. The van der Waals surface area contributed by atoms with Crippen LogP contribution in [-0.4, -0.2) is 33.6 Å². The molecular weight excluding hydrogens is 288 g/mol. The van der Waals surface area contributed by atoms with Gasteiger partial charge in [-0.2, -0.15) is 0 Å². The Bertz CT molecular complexity index is 634. The summed E-state index contributed by atoms with van der Waals surface area (Å²) in [5.74, 6) is 1.06. The number of aryl methyl sites for hydroxylation is 3. The fraction of sp³-hybridized carbons (Fsp3) is 0.357. The van der Waals surface area contributed by atoms with Gasteiger partial charge in [-0.05, 0) is 50.3 Å². The average Bonchev–Trinajstić information content (AvgIpc) is 2.76. The summed E-state index contributed by atoms with van der Waals surface area (Å²) in [5, 5.41) is 8.50. The SMILES string of the molecule is CSc1nnc(C)n1NC(=O)COc1cc(C)cc(C)c1. The van der Waals surface area contributed by atoms with Gasteiger partial charge in [-0.25, -0.2) is 4.68 Å². The lowest BCUT2D eigenvalue weighted by atomic mass is 10.1. The summed E-state index contributed by atoms with van der Waals surface area (Å²) in [6.45, 7) is 5.70. The maximum atomic E-state index is 12.0. The number of nitrogens with zero attached hydrogens (tertiary/aromatic N) is 3. The van der Waals surface area contributed by atoms with Gasteiger partial charge in [0.15, 0.2) is 6.61 Å². The maximum absolute atomic E-state index is 12.0. The molecule has 0 atom stereocenters. The van der Waals surface area contributed by atoms with Crippen molar-refractivity contribution >= 4 is 17.7 Å². The molecule has 1 heterocycles. The fourth-order valence-corrected chi connectivity index (χ4v) is 2.41. The first kappa shape index (κ1) is 15.4. The third-order valence-electron chi connectivity index (χ3n) is 2.78. The lowest BCUT2D eigenvalue weighted by Crippen LogP contribution is -2.29. The van der Waals surface area contributed by atoms with Crippen LogP contribution in [0.5, 0.6) is 5.75 Å². The minimum atomic E-state index is -0.257. The topological polar surface area (TPSA) is 69.0 Å². The van der Waals surface area contributed by atoms with Crippen molar-refractivity contribution in [2.24, 2.45) is 0 Å². The molecule has 2 aromatic rings. The first-order valence-corrected chi connectivity index (χ1v) is 7.69. The molecular formula is C14H18N4O2S. The second-order valence-corrected chi connectivity index (χ2v) is 5.49. The molecule has 1 N–H and O–H groups in total. The molecule has 1 aromatic heterocycles. The number of benzene rings is 1. The molecule has 0 spiro atoms. The quantitative estimate of drug-likeness (QED) is 0.857. The van der Waals surface area contributed by atoms with Crippen molar-refractivity contribution in [1.29, 1.82) is 0 Å². The van der Waals surface area contributed by atoms with Crippen molar-refractivity contribution in [3.63, 3.8) is 0 Å². The summed E-state index contributed by atoms with van der Waals surface area (Å²) < 4.78 is 7.07. The minimum absolute atomic E-state index is 0.0612. The Morgan fingerprint density at radius 3 is 2.52 bits per heavy atom. The molecule has 0 bridgehead atoms. The summed E-state index contributed by atoms with van der Waals surface area (Å²) in [4.78, 5) is 12.0. The average molecular weight is 306 g/mol. The summed E-state index contributed by atoms with van der Waals surface area (Å²) in [5.41, 5.74) is 4.92. The van der Waals surface area contributed by atoms with Gasteiger partial charge in [0.25, 0.3) is 5.91 Å². The lowest BCUT2D eigenvalue weighted by molar-refractivity contribution is -0.119. The molecule has 2 rings (SSSR count). The number of amides is 1. The third-order valence-corrected chi connectivity index (χ3v) is 3.41. The zero-order valence-corrected chi connectivity index (χ0v) is 13.3. The molecule has 6 nitrogen and oxygen atoms in total. The van der Waals surface area contributed by atoms with Gasteiger partial charge in [0.1, 0.15) is 11.6 Å². The molecule has 0 saturated heterocycles. The number of hydrogen-bond acceptors (Lipinski definition) is 5. The molecule has 1 aromatic carbocycles. The Kier molecular flexibility index (Phi) is 4.85. The van der Waals surface area contributed by atoms with Gasteiger partial charge in [-0.1, -0.05) is 17.8 Å². The summed E-state index contributed by atoms with van der Waals surface area (Å²) in [6, 6.07) is 5.85. The monoisotopic (exact) mass is 306 g/mol. The van der Waals surface area contributed by atoms with Crippen LogP contribution in [-0.2, 0) is 4.79 Å². The minimum Gasteiger partial charge on any atom is -0.484 e. The van der Waals surface area contributed by atoms with E-state index in [0.29, 0.717) is 16.7 Å². The highest BCUT2D eigenvalue weighted by molar-refractivity contribution is 7.98. The van der Waals surface area contributed by atoms with E-state index in [1.54, 1.807) is 11.6 Å². The normalized spacial score (nSPS) is 10.5. The van der Waals surface area contributed by atoms with Crippen molar-refractivity contribution in [3.8, 4) is 5.75 Å². The molecule has 0 aliphatic carbocycles. The zero-order valence-electron chi connectivity index (χ0n) is 12.5. The smallest absolute Gasteiger partial charge is 0.276 e. The van der Waals surface area contributed by atoms with Crippen LogP contribution in [0.3, 0.4) is 0 Å². The number of ether oxygens (including phenoxy) is 1. The zero-order chi connectivity index (χ0) is 15.4. The van der Waals surface area contributed by atoms with Crippen molar-refractivity contribution in [3.05, 3.63) is 35.2 Å². The number of carbonyl (C=O) groups is 1. The van der Waals surface area contributed by atoms with Gasteiger partial charge < -0.3 is 4.74 Å². The van der Waals surface area contributed by atoms with Crippen LogP contribution in [0, 0.1) is 20.8 Å². The molecule has 1 amide bonds. The lowest BCUT2D eigenvalue weighted by Gasteiger charge is -2.11. The van der Waals surface area contributed by atoms with E-state index in [-0.39, 0.29) is 12.5 Å². The van der Waals surface area contributed by atoms with Crippen LogP contribution >= 0.6 is 11.8 Å². The molecule has 0 aliphatic rings. The van der Waals surface area contributed by atoms with Crippen molar-refractivity contribution in [2.45, 2.75) is 25.9 Å². The summed E-state index contributed by atoms with van der Waals surface area (Å²) >= 11 is 1.41. The third kappa shape index (κ3) is 3.98. The predicted molar refractivity (Wildman–Crippen MR) is 82.3 cm³/mol. The molecule has 0 aliphatic heterocycles. The predicted octanol–water partition coefficient (Wildman–Crippen LogP) is 2.07. The molecule has 0 saturated carbocycles. The van der Waals surface area contributed by atoms with Gasteiger partial charge in [0.05, 0.1) is 0 Å². The van der Waals surface area contributed by atoms with E-state index >= 15 is 0 Å². The van der Waals surface area contributed by atoms with Gasteiger partial charge in [0.2, 0.25) is 5.16 Å². The van der Waals surface area contributed by atoms with Gasteiger partial charge in [-0.15, -0.1) is 10.2 Å². The molecule has 0 unspecified atom stereocenters. The first-order valence-electron chi connectivity index (χ1n) is 6.46. The Morgan fingerprint density at radius 1 is 1.24 bits per heavy atom. The van der Waals surface area contributed by atoms with Crippen molar-refractivity contribution in [1.82, 2.24) is 14.9 Å². The maximum Gasteiger partial charge on any atom is 0.276 e. The molecule has 0 radical (unpaired) electrons. The number of hydrogen-bond donors (Lipinski definition) is 1. The van der Waals surface area contributed by atoms with E-state index in [9.17, 15) is 4.79 Å². The van der Waals surface area contributed by atoms with E-state index in [0.717, 1.165) is 11.1 Å². The number of nitrogens with one attached hydrogen (secondary N) is 1. The Hall–Kier alpha value is -2.02. The molecule has 112 valence electrons. The van der Waals surface area contributed by atoms with E-state index < -0.39 is 0 Å². The van der Waals surface area contributed by atoms with E-state index in [1.165, 1.54) is 11.8 Å². The molecule has 7 heteroatoms. The van der Waals surface area contributed by atoms with Gasteiger partial charge in [0, 0.05) is 0 Å². The highest BCUT2D eigenvalue weighted by Gasteiger charge is 2.11. The molecule has 21 heavy (non-hydrogen) atoms.